The molecule has 4 nitrogen and oxygen atoms in total. The van der Waals surface area contributed by atoms with Gasteiger partial charge in [-0.1, -0.05) is 20.8 Å². The van der Waals surface area contributed by atoms with E-state index in [1.165, 1.54) is 7.11 Å². The Labute approximate surface area is 103 Å². The molecule has 0 aliphatic heterocycles. The van der Waals surface area contributed by atoms with Gasteiger partial charge in [0.15, 0.2) is 0 Å². The van der Waals surface area contributed by atoms with Gasteiger partial charge in [-0.25, -0.2) is 0 Å². The van der Waals surface area contributed by atoms with Gasteiger partial charge < -0.3 is 9.30 Å². The molecule has 0 aromatic carbocycles. The van der Waals surface area contributed by atoms with Crippen molar-refractivity contribution < 1.29 is 9.53 Å². The minimum absolute atomic E-state index is 0.168. The summed E-state index contributed by atoms with van der Waals surface area (Å²) in [4.78, 5) is 11.7. The summed E-state index contributed by atoms with van der Waals surface area (Å²) in [5, 5.41) is 3.26. The molecule has 0 spiro atoms. The molecule has 96 valence electrons. The van der Waals surface area contributed by atoms with Gasteiger partial charge in [0, 0.05) is 25.5 Å². The summed E-state index contributed by atoms with van der Waals surface area (Å²) >= 11 is 0. The summed E-state index contributed by atoms with van der Waals surface area (Å²) in [5.41, 5.74) is 0.973. The van der Waals surface area contributed by atoms with Gasteiger partial charge in [0.2, 0.25) is 0 Å². The first-order valence-electron chi connectivity index (χ1n) is 5.77. The van der Waals surface area contributed by atoms with E-state index in [-0.39, 0.29) is 17.4 Å². The molecule has 0 amide bonds. The molecule has 1 rings (SSSR count). The quantitative estimate of drug-likeness (QED) is 0.812. The van der Waals surface area contributed by atoms with Crippen LogP contribution in [0.25, 0.3) is 0 Å². The fraction of sp³-hybridized carbons (Fsp3) is 0.615. The molecule has 1 heterocycles. The Balaban J connectivity index is 2.69. The second kappa shape index (κ2) is 5.36. The molecule has 1 aromatic heterocycles. The lowest BCUT2D eigenvalue weighted by Gasteiger charge is -2.29. The van der Waals surface area contributed by atoms with Crippen LogP contribution in [0.4, 0.5) is 0 Å². The van der Waals surface area contributed by atoms with Crippen molar-refractivity contribution in [1.29, 1.82) is 0 Å². The minimum Gasteiger partial charge on any atom is -0.468 e. The van der Waals surface area contributed by atoms with Gasteiger partial charge in [-0.05, 0) is 17.5 Å². The number of aryl methyl sites for hydroxylation is 1. The third-order valence-electron chi connectivity index (χ3n) is 2.84. The van der Waals surface area contributed by atoms with Crippen LogP contribution in [0.2, 0.25) is 0 Å². The highest BCUT2D eigenvalue weighted by molar-refractivity contribution is 5.76. The summed E-state index contributed by atoms with van der Waals surface area (Å²) in [6.45, 7) is 6.71. The maximum atomic E-state index is 11.7. The Bertz CT molecular complexity index is 377. The molecule has 0 aliphatic carbocycles. The largest absolute Gasteiger partial charge is 0.468 e. The molecule has 0 bridgehead atoms. The summed E-state index contributed by atoms with van der Waals surface area (Å²) < 4.78 is 6.86. The normalized spacial score (nSPS) is 13.5. The second-order valence-electron chi connectivity index (χ2n) is 5.31. The number of hydrogen-bond donors (Lipinski definition) is 1. The van der Waals surface area contributed by atoms with Gasteiger partial charge in [-0.2, -0.15) is 0 Å². The number of nitrogens with one attached hydrogen (secondary N) is 1. The summed E-state index contributed by atoms with van der Waals surface area (Å²) in [6, 6.07) is 3.72. The van der Waals surface area contributed by atoms with E-state index in [1.54, 1.807) is 0 Å². The van der Waals surface area contributed by atoms with E-state index in [0.29, 0.717) is 6.54 Å². The van der Waals surface area contributed by atoms with Crippen molar-refractivity contribution in [3.63, 3.8) is 0 Å². The van der Waals surface area contributed by atoms with Gasteiger partial charge >= 0.3 is 5.97 Å². The van der Waals surface area contributed by atoms with Gasteiger partial charge in [-0.15, -0.1) is 0 Å². The lowest BCUT2D eigenvalue weighted by Crippen LogP contribution is -2.46. The van der Waals surface area contributed by atoms with Crippen LogP contribution < -0.4 is 5.32 Å². The van der Waals surface area contributed by atoms with Crippen LogP contribution in [0.5, 0.6) is 0 Å². The van der Waals surface area contributed by atoms with Crippen molar-refractivity contribution in [2.75, 3.05) is 7.11 Å². The van der Waals surface area contributed by atoms with Crippen molar-refractivity contribution in [2.24, 2.45) is 12.5 Å². The van der Waals surface area contributed by atoms with Crippen molar-refractivity contribution in [3.05, 3.63) is 24.0 Å². The topological polar surface area (TPSA) is 43.3 Å². The maximum Gasteiger partial charge on any atom is 0.323 e. The first-order chi connectivity index (χ1) is 7.86. The molecule has 0 saturated heterocycles. The van der Waals surface area contributed by atoms with E-state index in [0.717, 1.165) is 5.69 Å². The number of nitrogens with zero attached hydrogens (tertiary/aromatic N) is 1. The fourth-order valence-electron chi connectivity index (χ4n) is 1.75. The molecule has 0 aliphatic rings. The number of ether oxygens (including phenoxy) is 1. The Hall–Kier alpha value is -1.29. The molecular formula is C13H22N2O2. The molecule has 0 fully saturated rings. The number of methoxy groups -OCH3 is 1. The number of hydrogen-bond acceptors (Lipinski definition) is 3. The van der Waals surface area contributed by atoms with Crippen LogP contribution in [-0.4, -0.2) is 23.7 Å². The molecule has 4 heteroatoms. The maximum absolute atomic E-state index is 11.7. The molecule has 0 radical (unpaired) electrons. The molecule has 1 atom stereocenters. The van der Waals surface area contributed by atoms with Gasteiger partial charge in [0.05, 0.1) is 7.11 Å². The molecular weight excluding hydrogens is 216 g/mol. The number of rotatable bonds is 4. The van der Waals surface area contributed by atoms with E-state index in [1.807, 2.05) is 50.7 Å². The van der Waals surface area contributed by atoms with Crippen LogP contribution in [0.3, 0.4) is 0 Å². The highest BCUT2D eigenvalue weighted by atomic mass is 16.5. The monoisotopic (exact) mass is 238 g/mol. The molecule has 17 heavy (non-hydrogen) atoms. The fourth-order valence-corrected chi connectivity index (χ4v) is 1.75. The lowest BCUT2D eigenvalue weighted by atomic mass is 9.86. The molecule has 1 aromatic rings. The summed E-state index contributed by atoms with van der Waals surface area (Å²) in [7, 11) is 3.41. The minimum atomic E-state index is -0.303. The van der Waals surface area contributed by atoms with Crippen LogP contribution >= 0.6 is 0 Å². The highest BCUT2D eigenvalue weighted by Gasteiger charge is 2.31. The Morgan fingerprint density at radius 3 is 2.59 bits per heavy atom. The smallest absolute Gasteiger partial charge is 0.323 e. The van der Waals surface area contributed by atoms with Crippen molar-refractivity contribution in [3.8, 4) is 0 Å². The number of carbonyl (C=O) groups is 1. The highest BCUT2D eigenvalue weighted by Crippen LogP contribution is 2.20. The third kappa shape index (κ3) is 3.60. The third-order valence-corrected chi connectivity index (χ3v) is 2.84. The first-order valence-corrected chi connectivity index (χ1v) is 5.77. The van der Waals surface area contributed by atoms with Crippen molar-refractivity contribution in [1.82, 2.24) is 9.88 Å². The molecule has 0 unspecified atom stereocenters. The zero-order valence-electron chi connectivity index (χ0n) is 11.3. The number of aromatic nitrogens is 1. The average molecular weight is 238 g/mol. The standard InChI is InChI=1S/C13H22N2O2/c1-13(2,3)11(12(16)17-5)14-9-10-7-6-8-15(10)4/h6-8,11,14H,9H2,1-5H3/t11-/m0/s1. The SMILES string of the molecule is COC(=O)[C@H](NCc1cccn1C)C(C)(C)C. The Morgan fingerprint density at radius 2 is 2.18 bits per heavy atom. The predicted molar refractivity (Wildman–Crippen MR) is 67.5 cm³/mol. The van der Waals surface area contributed by atoms with Crippen LogP contribution in [-0.2, 0) is 23.1 Å². The predicted octanol–water partition coefficient (Wildman–Crippen LogP) is 1.70. The van der Waals surface area contributed by atoms with Gasteiger partial charge in [-0.3, -0.25) is 10.1 Å². The summed E-state index contributed by atoms with van der Waals surface area (Å²) in [6.07, 6.45) is 1.99. The van der Waals surface area contributed by atoms with E-state index >= 15 is 0 Å². The average Bonchev–Trinajstić information content (AvgIpc) is 2.62. The van der Waals surface area contributed by atoms with Crippen LogP contribution in [0.1, 0.15) is 26.5 Å². The van der Waals surface area contributed by atoms with E-state index < -0.39 is 0 Å². The van der Waals surface area contributed by atoms with Crippen molar-refractivity contribution in [2.45, 2.75) is 33.4 Å². The second-order valence-corrected chi connectivity index (χ2v) is 5.31. The number of carbonyl (C=O) groups excluding carboxylic acids is 1. The van der Waals surface area contributed by atoms with Crippen LogP contribution in [0.15, 0.2) is 18.3 Å². The van der Waals surface area contributed by atoms with Crippen LogP contribution in [0, 0.1) is 5.41 Å². The van der Waals surface area contributed by atoms with E-state index in [4.69, 9.17) is 4.74 Å². The first kappa shape index (κ1) is 13.8. The Morgan fingerprint density at radius 1 is 1.53 bits per heavy atom. The van der Waals surface area contributed by atoms with E-state index in [9.17, 15) is 4.79 Å². The van der Waals surface area contributed by atoms with Gasteiger partial charge in [0.25, 0.3) is 0 Å². The van der Waals surface area contributed by atoms with Crippen molar-refractivity contribution >= 4 is 5.97 Å². The molecule has 1 N–H and O–H groups in total. The zero-order chi connectivity index (χ0) is 13.1. The number of esters is 1. The lowest BCUT2D eigenvalue weighted by molar-refractivity contribution is -0.146. The molecule has 0 saturated carbocycles. The Kier molecular flexibility index (Phi) is 4.34. The summed E-state index contributed by atoms with van der Waals surface area (Å²) in [5.74, 6) is -0.216. The van der Waals surface area contributed by atoms with Gasteiger partial charge in [0.1, 0.15) is 6.04 Å². The zero-order valence-corrected chi connectivity index (χ0v) is 11.3. The van der Waals surface area contributed by atoms with E-state index in [2.05, 4.69) is 5.32 Å².